The number of hydrogen-bond acceptors (Lipinski definition) is 3. The Labute approximate surface area is 95.8 Å². The van der Waals surface area contributed by atoms with Gasteiger partial charge in [-0.3, -0.25) is 0 Å². The van der Waals surface area contributed by atoms with E-state index >= 15 is 0 Å². The molecule has 1 heterocycles. The second kappa shape index (κ2) is 6.72. The van der Waals surface area contributed by atoms with Crippen molar-refractivity contribution in [1.82, 2.24) is 4.31 Å². The van der Waals surface area contributed by atoms with Crippen LogP contribution in [-0.2, 0) is 4.74 Å². The van der Waals surface area contributed by atoms with Gasteiger partial charge in [-0.25, -0.2) is 4.31 Å². The largest absolute Gasteiger partial charge is 0.379 e. The van der Waals surface area contributed by atoms with Crippen LogP contribution in [0.3, 0.4) is 0 Å². The molecular weight excluding hydrogens is 218 g/mol. The highest BCUT2D eigenvalue weighted by molar-refractivity contribution is 8.00. The van der Waals surface area contributed by atoms with Crippen molar-refractivity contribution in [3.8, 4) is 0 Å². The van der Waals surface area contributed by atoms with Gasteiger partial charge in [-0.2, -0.15) is 0 Å². The molecule has 0 spiro atoms. The molecule has 0 N–H and O–H groups in total. The lowest BCUT2D eigenvalue weighted by Crippen LogP contribution is -2.31. The Morgan fingerprint density at radius 1 is 1.29 bits per heavy atom. The summed E-state index contributed by atoms with van der Waals surface area (Å²) in [4.78, 5) is 1.30. The summed E-state index contributed by atoms with van der Waals surface area (Å²) in [5.74, 6) is 0. The minimum atomic E-state index is 0.841. The zero-order chi connectivity index (χ0) is 10.4. The molecule has 1 fully saturated rings. The van der Waals surface area contributed by atoms with Gasteiger partial charge in [0.25, 0.3) is 0 Å². The van der Waals surface area contributed by atoms with E-state index in [0.29, 0.717) is 0 Å². The summed E-state index contributed by atoms with van der Waals surface area (Å²) in [5.41, 5.74) is 0. The van der Waals surface area contributed by atoms with Gasteiger partial charge in [0.05, 0.1) is 13.2 Å². The van der Waals surface area contributed by atoms with Gasteiger partial charge in [-0.05, 0) is 24.8 Å². The fourth-order valence-electron chi connectivity index (χ4n) is 1.30. The predicted molar refractivity (Wildman–Crippen MR) is 63.4 cm³/mol. The highest BCUT2D eigenvalue weighted by Gasteiger charge is 2.13. The summed E-state index contributed by atoms with van der Waals surface area (Å²) in [7, 11) is 0. The second-order valence-electron chi connectivity index (χ2n) is 3.17. The highest BCUT2D eigenvalue weighted by atomic mass is 35.5. The van der Waals surface area contributed by atoms with Crippen molar-refractivity contribution in [3.63, 3.8) is 0 Å². The molecule has 14 heavy (non-hydrogen) atoms. The van der Waals surface area contributed by atoms with Crippen LogP contribution in [0.4, 0.5) is 0 Å². The molecule has 0 aromatic rings. The van der Waals surface area contributed by atoms with Crippen molar-refractivity contribution >= 4 is 23.5 Å². The Morgan fingerprint density at radius 3 is 2.43 bits per heavy atom. The fourth-order valence-corrected chi connectivity index (χ4v) is 2.55. The van der Waals surface area contributed by atoms with E-state index < -0.39 is 0 Å². The molecule has 0 radical (unpaired) electrons. The SMILES string of the molecule is CCC(Cl)=C(CC)SN1CCOCC1. The second-order valence-corrected chi connectivity index (χ2v) is 4.82. The quantitative estimate of drug-likeness (QED) is 0.695. The van der Waals surface area contributed by atoms with Gasteiger partial charge in [0.15, 0.2) is 0 Å². The predicted octanol–water partition coefficient (Wildman–Crippen LogP) is 3.24. The van der Waals surface area contributed by atoms with E-state index in [4.69, 9.17) is 16.3 Å². The summed E-state index contributed by atoms with van der Waals surface area (Å²) >= 11 is 7.95. The van der Waals surface area contributed by atoms with Crippen molar-refractivity contribution < 1.29 is 4.74 Å². The van der Waals surface area contributed by atoms with Crippen LogP contribution in [0.15, 0.2) is 9.94 Å². The molecule has 0 bridgehead atoms. The molecule has 0 aliphatic carbocycles. The maximum atomic E-state index is 6.15. The van der Waals surface area contributed by atoms with Gasteiger partial charge < -0.3 is 4.74 Å². The molecule has 0 unspecified atom stereocenters. The molecule has 0 atom stereocenters. The van der Waals surface area contributed by atoms with Gasteiger partial charge in [0.2, 0.25) is 0 Å². The van der Waals surface area contributed by atoms with Crippen LogP contribution in [-0.4, -0.2) is 30.6 Å². The van der Waals surface area contributed by atoms with Gasteiger partial charge in [-0.1, -0.05) is 25.4 Å². The molecule has 0 aromatic carbocycles. The van der Waals surface area contributed by atoms with E-state index in [0.717, 1.165) is 44.2 Å². The van der Waals surface area contributed by atoms with E-state index in [1.807, 2.05) is 0 Å². The molecule has 2 nitrogen and oxygen atoms in total. The molecule has 4 heteroatoms. The van der Waals surface area contributed by atoms with Gasteiger partial charge in [0, 0.05) is 23.0 Å². The Bertz CT molecular complexity index is 202. The minimum absolute atomic E-state index is 0.841. The number of morpholine rings is 1. The zero-order valence-electron chi connectivity index (χ0n) is 8.88. The zero-order valence-corrected chi connectivity index (χ0v) is 10.5. The summed E-state index contributed by atoms with van der Waals surface area (Å²) in [6.45, 7) is 7.93. The lowest BCUT2D eigenvalue weighted by atomic mass is 10.3. The lowest BCUT2D eigenvalue weighted by Gasteiger charge is -2.26. The van der Waals surface area contributed by atoms with Crippen LogP contribution < -0.4 is 0 Å². The van der Waals surface area contributed by atoms with Gasteiger partial charge in [0.1, 0.15) is 0 Å². The summed E-state index contributed by atoms with van der Waals surface area (Å²) in [6, 6.07) is 0. The van der Waals surface area contributed by atoms with E-state index in [2.05, 4.69) is 18.2 Å². The molecular formula is C10H18ClNOS. The van der Waals surface area contributed by atoms with Crippen molar-refractivity contribution in [2.24, 2.45) is 0 Å². The Kier molecular flexibility index (Phi) is 5.94. The van der Waals surface area contributed by atoms with Crippen LogP contribution in [0.1, 0.15) is 26.7 Å². The number of halogens is 1. The van der Waals surface area contributed by atoms with Crippen molar-refractivity contribution in [2.45, 2.75) is 26.7 Å². The number of nitrogens with zero attached hydrogens (tertiary/aromatic N) is 1. The third-order valence-electron chi connectivity index (χ3n) is 2.14. The third-order valence-corrected chi connectivity index (χ3v) is 4.13. The molecule has 0 amide bonds. The Balaban J connectivity index is 2.46. The van der Waals surface area contributed by atoms with Crippen molar-refractivity contribution in [3.05, 3.63) is 9.94 Å². The standard InChI is InChI=1S/C10H18ClNOS/c1-3-9(11)10(4-2)14-12-5-7-13-8-6-12/h3-8H2,1-2H3. The van der Waals surface area contributed by atoms with Crippen LogP contribution in [0.5, 0.6) is 0 Å². The number of allylic oxidation sites excluding steroid dienone is 2. The van der Waals surface area contributed by atoms with Crippen molar-refractivity contribution in [1.29, 1.82) is 0 Å². The maximum absolute atomic E-state index is 6.15. The molecule has 1 rings (SSSR count). The van der Waals surface area contributed by atoms with Crippen LogP contribution in [0, 0.1) is 0 Å². The first-order valence-corrected chi connectivity index (χ1v) is 6.31. The average molecular weight is 236 g/mol. The topological polar surface area (TPSA) is 12.5 Å². The highest BCUT2D eigenvalue weighted by Crippen LogP contribution is 2.30. The number of ether oxygens (including phenoxy) is 1. The van der Waals surface area contributed by atoms with Crippen molar-refractivity contribution in [2.75, 3.05) is 26.3 Å². The number of rotatable bonds is 4. The average Bonchev–Trinajstić information content (AvgIpc) is 2.26. The summed E-state index contributed by atoms with van der Waals surface area (Å²) in [6.07, 6.45) is 1.96. The van der Waals surface area contributed by atoms with E-state index in [9.17, 15) is 0 Å². The first kappa shape index (κ1) is 12.4. The number of hydrogen-bond donors (Lipinski definition) is 0. The molecule has 1 aliphatic rings. The summed E-state index contributed by atoms with van der Waals surface area (Å²) in [5, 5.41) is 1.00. The van der Waals surface area contributed by atoms with Crippen LogP contribution >= 0.6 is 23.5 Å². The molecule has 0 aromatic heterocycles. The molecule has 1 saturated heterocycles. The van der Waals surface area contributed by atoms with Gasteiger partial charge >= 0.3 is 0 Å². The summed E-state index contributed by atoms with van der Waals surface area (Å²) < 4.78 is 7.63. The first-order valence-electron chi connectivity index (χ1n) is 5.16. The monoisotopic (exact) mass is 235 g/mol. The van der Waals surface area contributed by atoms with E-state index in [1.54, 1.807) is 11.9 Å². The van der Waals surface area contributed by atoms with Gasteiger partial charge in [-0.15, -0.1) is 0 Å². The smallest absolute Gasteiger partial charge is 0.0603 e. The molecule has 82 valence electrons. The van der Waals surface area contributed by atoms with E-state index in [-0.39, 0.29) is 0 Å². The van der Waals surface area contributed by atoms with Crippen LogP contribution in [0.25, 0.3) is 0 Å². The van der Waals surface area contributed by atoms with Crippen LogP contribution in [0.2, 0.25) is 0 Å². The molecule has 0 saturated carbocycles. The normalized spacial score (nSPS) is 20.8. The first-order chi connectivity index (χ1) is 6.77. The van der Waals surface area contributed by atoms with E-state index in [1.165, 1.54) is 4.91 Å². The Morgan fingerprint density at radius 2 is 1.93 bits per heavy atom. The third kappa shape index (κ3) is 3.81. The molecule has 1 aliphatic heterocycles. The maximum Gasteiger partial charge on any atom is 0.0603 e. The lowest BCUT2D eigenvalue weighted by molar-refractivity contribution is 0.0775. The Hall–Kier alpha value is 0.300. The fraction of sp³-hybridized carbons (Fsp3) is 0.800. The minimum Gasteiger partial charge on any atom is -0.379 e.